The molecule has 19 heavy (non-hydrogen) atoms. The molecule has 106 valence electrons. The molecule has 2 heterocycles. The first-order valence-electron chi connectivity index (χ1n) is 7.21. The molecule has 0 saturated carbocycles. The van der Waals surface area contributed by atoms with Crippen LogP contribution in [0.2, 0.25) is 0 Å². The third-order valence-corrected chi connectivity index (χ3v) is 4.57. The van der Waals surface area contributed by atoms with Crippen molar-refractivity contribution < 1.29 is 4.79 Å². The van der Waals surface area contributed by atoms with Crippen molar-refractivity contribution in [3.05, 3.63) is 16.1 Å². The summed E-state index contributed by atoms with van der Waals surface area (Å²) in [6, 6.07) is 0. The van der Waals surface area contributed by atoms with E-state index in [1.165, 1.54) is 29.1 Å². The fourth-order valence-corrected chi connectivity index (χ4v) is 3.13. The summed E-state index contributed by atoms with van der Waals surface area (Å²) in [7, 11) is 0. The molecule has 0 atom stereocenters. The Kier molecular flexibility index (Phi) is 5.79. The lowest BCUT2D eigenvalue weighted by Crippen LogP contribution is -2.37. The molecule has 1 amide bonds. The molecule has 1 fully saturated rings. The lowest BCUT2D eigenvalue weighted by atomic mass is 10.1. The Balaban J connectivity index is 1.62. The van der Waals surface area contributed by atoms with Crippen LogP contribution in [0.5, 0.6) is 0 Å². The quantitative estimate of drug-likeness (QED) is 0.813. The van der Waals surface area contributed by atoms with Gasteiger partial charge in [0, 0.05) is 43.7 Å². The summed E-state index contributed by atoms with van der Waals surface area (Å²) in [5.41, 5.74) is 0. The van der Waals surface area contributed by atoms with Crippen LogP contribution in [0.1, 0.15) is 42.5 Å². The number of aryl methyl sites for hydroxylation is 1. The molecule has 4 nitrogen and oxygen atoms in total. The average molecular weight is 281 g/mol. The molecular formula is C14H23N3OS. The van der Waals surface area contributed by atoms with Crippen LogP contribution in [0.3, 0.4) is 0 Å². The second kappa shape index (κ2) is 7.60. The molecule has 1 aromatic heterocycles. The van der Waals surface area contributed by atoms with Crippen molar-refractivity contribution in [1.29, 1.82) is 0 Å². The predicted octanol–water partition coefficient (Wildman–Crippen LogP) is 2.20. The molecule has 0 unspecified atom stereocenters. The number of piperidine rings is 1. The molecule has 1 aliphatic heterocycles. The summed E-state index contributed by atoms with van der Waals surface area (Å²) < 4.78 is 0. The van der Waals surface area contributed by atoms with Gasteiger partial charge < -0.3 is 10.2 Å². The zero-order chi connectivity index (χ0) is 13.5. The van der Waals surface area contributed by atoms with Gasteiger partial charge in [0.25, 0.3) is 0 Å². The van der Waals surface area contributed by atoms with Crippen molar-refractivity contribution in [1.82, 2.24) is 15.2 Å². The van der Waals surface area contributed by atoms with Crippen LogP contribution in [0, 0.1) is 0 Å². The molecule has 0 radical (unpaired) electrons. The van der Waals surface area contributed by atoms with Crippen molar-refractivity contribution >= 4 is 17.2 Å². The summed E-state index contributed by atoms with van der Waals surface area (Å²) >= 11 is 1.75. The van der Waals surface area contributed by atoms with Crippen LogP contribution in [-0.2, 0) is 17.8 Å². The standard InChI is InChI=1S/C14H23N3OS/c1-2-13-16-11-12(19-13)10-15-7-6-14(18)17-8-4-3-5-9-17/h11,15H,2-10H2,1H3. The van der Waals surface area contributed by atoms with Crippen LogP contribution < -0.4 is 5.32 Å². The van der Waals surface area contributed by atoms with E-state index in [1.54, 1.807) is 11.3 Å². The number of hydrogen-bond acceptors (Lipinski definition) is 4. The molecular weight excluding hydrogens is 258 g/mol. The van der Waals surface area contributed by atoms with Gasteiger partial charge in [0.1, 0.15) is 0 Å². The highest BCUT2D eigenvalue weighted by molar-refractivity contribution is 7.11. The van der Waals surface area contributed by atoms with Gasteiger partial charge in [-0.05, 0) is 25.7 Å². The predicted molar refractivity (Wildman–Crippen MR) is 78.2 cm³/mol. The van der Waals surface area contributed by atoms with E-state index in [2.05, 4.69) is 17.2 Å². The number of carbonyl (C=O) groups excluding carboxylic acids is 1. The molecule has 5 heteroatoms. The largest absolute Gasteiger partial charge is 0.343 e. The number of nitrogens with zero attached hydrogens (tertiary/aromatic N) is 2. The first kappa shape index (κ1) is 14.5. The number of thiazole rings is 1. The van der Waals surface area contributed by atoms with Crippen molar-refractivity contribution in [2.45, 2.75) is 45.6 Å². The molecule has 0 spiro atoms. The summed E-state index contributed by atoms with van der Waals surface area (Å²) in [5, 5.41) is 4.51. The minimum Gasteiger partial charge on any atom is -0.343 e. The summed E-state index contributed by atoms with van der Waals surface area (Å²) in [6.45, 7) is 5.61. The van der Waals surface area contributed by atoms with E-state index in [-0.39, 0.29) is 0 Å². The van der Waals surface area contributed by atoms with Gasteiger partial charge in [0.15, 0.2) is 0 Å². The number of hydrogen-bond donors (Lipinski definition) is 1. The smallest absolute Gasteiger partial charge is 0.223 e. The van der Waals surface area contributed by atoms with Gasteiger partial charge in [0.2, 0.25) is 5.91 Å². The van der Waals surface area contributed by atoms with E-state index in [4.69, 9.17) is 0 Å². The van der Waals surface area contributed by atoms with Gasteiger partial charge in [-0.3, -0.25) is 4.79 Å². The topological polar surface area (TPSA) is 45.2 Å². The Labute approximate surface area is 119 Å². The zero-order valence-electron chi connectivity index (χ0n) is 11.7. The van der Waals surface area contributed by atoms with Gasteiger partial charge in [0.05, 0.1) is 5.01 Å². The van der Waals surface area contributed by atoms with Crippen LogP contribution in [0.4, 0.5) is 0 Å². The van der Waals surface area contributed by atoms with Gasteiger partial charge in [-0.15, -0.1) is 11.3 Å². The van der Waals surface area contributed by atoms with Gasteiger partial charge >= 0.3 is 0 Å². The molecule has 2 rings (SSSR count). The number of rotatable bonds is 6. The minimum atomic E-state index is 0.297. The Morgan fingerprint density at radius 1 is 1.42 bits per heavy atom. The lowest BCUT2D eigenvalue weighted by Gasteiger charge is -2.26. The van der Waals surface area contributed by atoms with E-state index in [0.717, 1.165) is 32.6 Å². The highest BCUT2D eigenvalue weighted by atomic mass is 32.1. The third-order valence-electron chi connectivity index (χ3n) is 3.43. The molecule has 1 aliphatic rings. The van der Waals surface area contributed by atoms with E-state index >= 15 is 0 Å². The summed E-state index contributed by atoms with van der Waals surface area (Å²) in [6.07, 6.45) is 7.15. The van der Waals surface area contributed by atoms with Gasteiger partial charge in [-0.1, -0.05) is 6.92 Å². The maximum Gasteiger partial charge on any atom is 0.223 e. The average Bonchev–Trinajstić information content (AvgIpc) is 2.92. The van der Waals surface area contributed by atoms with Crippen molar-refractivity contribution in [2.24, 2.45) is 0 Å². The van der Waals surface area contributed by atoms with E-state index in [0.29, 0.717) is 12.3 Å². The fraction of sp³-hybridized carbons (Fsp3) is 0.714. The second-order valence-electron chi connectivity index (χ2n) is 4.94. The molecule has 1 saturated heterocycles. The number of likely N-dealkylation sites (tertiary alicyclic amines) is 1. The van der Waals surface area contributed by atoms with E-state index < -0.39 is 0 Å². The van der Waals surface area contributed by atoms with Crippen molar-refractivity contribution in [3.8, 4) is 0 Å². The van der Waals surface area contributed by atoms with Crippen molar-refractivity contribution in [3.63, 3.8) is 0 Å². The van der Waals surface area contributed by atoms with Crippen molar-refractivity contribution in [2.75, 3.05) is 19.6 Å². The van der Waals surface area contributed by atoms with Crippen LogP contribution in [-0.4, -0.2) is 35.4 Å². The minimum absolute atomic E-state index is 0.297. The Morgan fingerprint density at radius 2 is 2.21 bits per heavy atom. The highest BCUT2D eigenvalue weighted by Gasteiger charge is 2.15. The summed E-state index contributed by atoms with van der Waals surface area (Å²) in [5.74, 6) is 0.297. The first-order valence-corrected chi connectivity index (χ1v) is 8.03. The second-order valence-corrected chi connectivity index (χ2v) is 6.14. The third kappa shape index (κ3) is 4.58. The van der Waals surface area contributed by atoms with E-state index in [1.807, 2.05) is 11.1 Å². The maximum atomic E-state index is 11.9. The molecule has 0 aliphatic carbocycles. The normalized spacial score (nSPS) is 15.7. The maximum absolute atomic E-state index is 11.9. The van der Waals surface area contributed by atoms with Gasteiger partial charge in [-0.2, -0.15) is 0 Å². The molecule has 1 N–H and O–H groups in total. The lowest BCUT2D eigenvalue weighted by molar-refractivity contribution is -0.131. The zero-order valence-corrected chi connectivity index (χ0v) is 12.5. The number of nitrogens with one attached hydrogen (secondary N) is 1. The number of carbonyl (C=O) groups is 1. The SMILES string of the molecule is CCc1ncc(CNCCC(=O)N2CCCCC2)s1. The van der Waals surface area contributed by atoms with Crippen LogP contribution in [0.25, 0.3) is 0 Å². The van der Waals surface area contributed by atoms with Crippen LogP contribution >= 0.6 is 11.3 Å². The molecule has 1 aromatic rings. The first-order chi connectivity index (χ1) is 9.29. The summed E-state index contributed by atoms with van der Waals surface area (Å²) in [4.78, 5) is 19.5. The van der Waals surface area contributed by atoms with Crippen LogP contribution in [0.15, 0.2) is 6.20 Å². The Bertz CT molecular complexity index is 399. The fourth-order valence-electron chi connectivity index (χ4n) is 2.30. The van der Waals surface area contributed by atoms with E-state index in [9.17, 15) is 4.79 Å². The monoisotopic (exact) mass is 281 g/mol. The Hall–Kier alpha value is -0.940. The van der Waals surface area contributed by atoms with Gasteiger partial charge in [-0.25, -0.2) is 4.98 Å². The molecule has 0 bridgehead atoms. The highest BCUT2D eigenvalue weighted by Crippen LogP contribution is 2.13. The number of aromatic nitrogens is 1. The molecule has 0 aromatic carbocycles. The number of amides is 1. The Morgan fingerprint density at radius 3 is 2.89 bits per heavy atom.